The number of carbonyl (C=O) groups is 1. The Balaban J connectivity index is 2.47. The molecule has 54 valence electrons. The molecule has 3 heteroatoms. The largest absolute Gasteiger partial charge is 0.330 e. The zero-order valence-electron chi connectivity index (χ0n) is 5.71. The fourth-order valence-electron chi connectivity index (χ4n) is 1.06. The molecule has 10 heavy (non-hydrogen) atoms. The Hall–Kier alpha value is -1.01. The van der Waals surface area contributed by atoms with Crippen LogP contribution in [-0.2, 0) is 4.79 Å². The van der Waals surface area contributed by atoms with Crippen LogP contribution in [0.5, 0.6) is 0 Å². The molecule has 3 nitrogen and oxygen atoms in total. The van der Waals surface area contributed by atoms with Crippen molar-refractivity contribution in [2.45, 2.75) is 12.5 Å². The number of nitrogens with two attached hydrogens (primary N) is 1. The molecule has 0 saturated carbocycles. The summed E-state index contributed by atoms with van der Waals surface area (Å²) >= 11 is 0. The van der Waals surface area contributed by atoms with Gasteiger partial charge in [0.1, 0.15) is 0 Å². The lowest BCUT2D eigenvalue weighted by Gasteiger charge is -2.10. The minimum absolute atomic E-state index is 0.122. The zero-order chi connectivity index (χ0) is 7.56. The Labute approximate surface area is 60.2 Å². The van der Waals surface area contributed by atoms with Gasteiger partial charge in [0.2, 0.25) is 0 Å². The number of terminal acetylenes is 1. The molecule has 0 aliphatic carbocycles. The standard InChI is InChI=1S/C7H10N2O/c1-2-7(10)9-4-3-6(8)5-9/h1,6H,3-5,8H2/t6-/m1/s1. The van der Waals surface area contributed by atoms with E-state index < -0.39 is 0 Å². The Bertz CT molecular complexity index is 183. The van der Waals surface area contributed by atoms with E-state index in [-0.39, 0.29) is 11.9 Å². The highest BCUT2D eigenvalue weighted by molar-refractivity contribution is 5.93. The van der Waals surface area contributed by atoms with Crippen LogP contribution in [-0.4, -0.2) is 29.9 Å². The molecule has 2 N–H and O–H groups in total. The summed E-state index contributed by atoms with van der Waals surface area (Å²) in [6, 6.07) is 0.122. The third kappa shape index (κ3) is 1.28. The van der Waals surface area contributed by atoms with Gasteiger partial charge in [-0.1, -0.05) is 0 Å². The van der Waals surface area contributed by atoms with E-state index in [1.807, 2.05) is 0 Å². The van der Waals surface area contributed by atoms with Gasteiger partial charge >= 0.3 is 0 Å². The van der Waals surface area contributed by atoms with Gasteiger partial charge in [0.25, 0.3) is 5.91 Å². The molecule has 0 aromatic heterocycles. The highest BCUT2D eigenvalue weighted by Gasteiger charge is 2.21. The van der Waals surface area contributed by atoms with Crippen molar-refractivity contribution >= 4 is 5.91 Å². The first-order valence-corrected chi connectivity index (χ1v) is 3.25. The van der Waals surface area contributed by atoms with Gasteiger partial charge in [-0.3, -0.25) is 4.79 Å². The Morgan fingerprint density at radius 2 is 2.50 bits per heavy atom. The van der Waals surface area contributed by atoms with Gasteiger partial charge in [0.05, 0.1) is 0 Å². The van der Waals surface area contributed by atoms with E-state index in [0.717, 1.165) is 6.42 Å². The molecular weight excluding hydrogens is 128 g/mol. The van der Waals surface area contributed by atoms with Crippen LogP contribution in [0, 0.1) is 12.3 Å². The Kier molecular flexibility index (Phi) is 1.93. The molecule has 1 amide bonds. The SMILES string of the molecule is C#CC(=O)N1CC[C@@H](N)C1. The second-order valence-electron chi connectivity index (χ2n) is 2.44. The molecule has 1 aliphatic heterocycles. The van der Waals surface area contributed by atoms with E-state index in [2.05, 4.69) is 5.92 Å². The molecule has 0 radical (unpaired) electrons. The van der Waals surface area contributed by atoms with Crippen LogP contribution in [0.25, 0.3) is 0 Å². The zero-order valence-corrected chi connectivity index (χ0v) is 5.71. The monoisotopic (exact) mass is 138 g/mol. The summed E-state index contributed by atoms with van der Waals surface area (Å²) in [5.41, 5.74) is 5.56. The third-order valence-corrected chi connectivity index (χ3v) is 1.64. The summed E-state index contributed by atoms with van der Waals surface area (Å²) < 4.78 is 0. The van der Waals surface area contributed by atoms with Gasteiger partial charge < -0.3 is 10.6 Å². The molecule has 0 unspecified atom stereocenters. The van der Waals surface area contributed by atoms with Crippen LogP contribution in [0.15, 0.2) is 0 Å². The maximum atomic E-state index is 10.8. The van der Waals surface area contributed by atoms with Gasteiger partial charge in [-0.05, 0) is 12.3 Å². The molecular formula is C7H10N2O. The predicted molar refractivity (Wildman–Crippen MR) is 38.0 cm³/mol. The van der Waals surface area contributed by atoms with Crippen LogP contribution in [0.1, 0.15) is 6.42 Å². The number of nitrogens with zero attached hydrogens (tertiary/aromatic N) is 1. The topological polar surface area (TPSA) is 46.3 Å². The summed E-state index contributed by atoms with van der Waals surface area (Å²) in [4.78, 5) is 12.4. The number of carbonyl (C=O) groups excluding carboxylic acids is 1. The third-order valence-electron chi connectivity index (χ3n) is 1.64. The van der Waals surface area contributed by atoms with Crippen molar-refractivity contribution in [3.63, 3.8) is 0 Å². The molecule has 1 fully saturated rings. The van der Waals surface area contributed by atoms with Crippen LogP contribution >= 0.6 is 0 Å². The van der Waals surface area contributed by atoms with Crippen molar-refractivity contribution in [2.24, 2.45) is 5.73 Å². The van der Waals surface area contributed by atoms with Crippen LogP contribution in [0.4, 0.5) is 0 Å². The first-order chi connectivity index (χ1) is 4.74. The molecule has 0 spiro atoms. The summed E-state index contributed by atoms with van der Waals surface area (Å²) in [7, 11) is 0. The van der Waals surface area contributed by atoms with Gasteiger partial charge in [-0.2, -0.15) is 0 Å². The van der Waals surface area contributed by atoms with Gasteiger partial charge in [0, 0.05) is 19.1 Å². The van der Waals surface area contributed by atoms with Crippen molar-refractivity contribution in [1.82, 2.24) is 4.90 Å². The number of hydrogen-bond donors (Lipinski definition) is 1. The highest BCUT2D eigenvalue weighted by atomic mass is 16.2. The van der Waals surface area contributed by atoms with Crippen LogP contribution in [0.2, 0.25) is 0 Å². The van der Waals surface area contributed by atoms with Crippen LogP contribution in [0.3, 0.4) is 0 Å². The molecule has 1 aliphatic rings. The minimum Gasteiger partial charge on any atom is -0.330 e. The average Bonchev–Trinajstić information content (AvgIpc) is 2.34. The first kappa shape index (κ1) is 7.10. The van der Waals surface area contributed by atoms with Crippen molar-refractivity contribution in [3.05, 3.63) is 0 Å². The second kappa shape index (κ2) is 2.72. The van der Waals surface area contributed by atoms with E-state index in [4.69, 9.17) is 12.2 Å². The number of amides is 1. The van der Waals surface area contributed by atoms with Crippen molar-refractivity contribution in [2.75, 3.05) is 13.1 Å². The lowest BCUT2D eigenvalue weighted by Crippen LogP contribution is -2.30. The minimum atomic E-state index is -0.243. The molecule has 0 aromatic rings. The van der Waals surface area contributed by atoms with E-state index in [9.17, 15) is 4.79 Å². The maximum absolute atomic E-state index is 10.8. The fraction of sp³-hybridized carbons (Fsp3) is 0.571. The molecule has 1 heterocycles. The summed E-state index contributed by atoms with van der Waals surface area (Å²) in [5, 5.41) is 0. The summed E-state index contributed by atoms with van der Waals surface area (Å²) in [6.07, 6.45) is 5.78. The number of hydrogen-bond acceptors (Lipinski definition) is 2. The fourth-order valence-corrected chi connectivity index (χ4v) is 1.06. The van der Waals surface area contributed by atoms with E-state index in [0.29, 0.717) is 13.1 Å². The molecule has 0 aromatic carbocycles. The normalized spacial score (nSPS) is 24.4. The highest BCUT2D eigenvalue weighted by Crippen LogP contribution is 2.05. The van der Waals surface area contributed by atoms with Crippen molar-refractivity contribution < 1.29 is 4.79 Å². The van der Waals surface area contributed by atoms with Gasteiger partial charge in [-0.15, -0.1) is 6.42 Å². The summed E-state index contributed by atoms with van der Waals surface area (Å²) in [6.45, 7) is 1.33. The number of rotatable bonds is 0. The number of likely N-dealkylation sites (tertiary alicyclic amines) is 1. The second-order valence-corrected chi connectivity index (χ2v) is 2.44. The molecule has 1 atom stereocenters. The average molecular weight is 138 g/mol. The van der Waals surface area contributed by atoms with Crippen molar-refractivity contribution in [1.29, 1.82) is 0 Å². The van der Waals surface area contributed by atoms with E-state index in [1.165, 1.54) is 0 Å². The Morgan fingerprint density at radius 1 is 1.80 bits per heavy atom. The summed E-state index contributed by atoms with van der Waals surface area (Å²) in [5.74, 6) is 1.82. The molecule has 1 rings (SSSR count). The van der Waals surface area contributed by atoms with Crippen LogP contribution < -0.4 is 5.73 Å². The van der Waals surface area contributed by atoms with E-state index in [1.54, 1.807) is 4.90 Å². The lowest BCUT2D eigenvalue weighted by atomic mass is 10.3. The molecule has 1 saturated heterocycles. The lowest BCUT2D eigenvalue weighted by molar-refractivity contribution is -0.124. The quantitative estimate of drug-likeness (QED) is 0.444. The van der Waals surface area contributed by atoms with Crippen molar-refractivity contribution in [3.8, 4) is 12.3 Å². The predicted octanol–water partition coefficient (Wildman–Crippen LogP) is -0.821. The van der Waals surface area contributed by atoms with E-state index >= 15 is 0 Å². The Morgan fingerprint density at radius 3 is 2.90 bits per heavy atom. The van der Waals surface area contributed by atoms with Gasteiger partial charge in [0.15, 0.2) is 0 Å². The van der Waals surface area contributed by atoms with Gasteiger partial charge in [-0.25, -0.2) is 0 Å². The maximum Gasteiger partial charge on any atom is 0.298 e. The smallest absolute Gasteiger partial charge is 0.298 e. The molecule has 0 bridgehead atoms. The first-order valence-electron chi connectivity index (χ1n) is 3.25.